The van der Waals surface area contributed by atoms with Gasteiger partial charge >= 0.3 is 0 Å². The predicted octanol–water partition coefficient (Wildman–Crippen LogP) is 2.18. The molecule has 0 spiro atoms. The number of halogens is 1. The lowest BCUT2D eigenvalue weighted by Gasteiger charge is -2.36. The molecule has 8 nitrogen and oxygen atoms in total. The van der Waals surface area contributed by atoms with Crippen molar-refractivity contribution in [3.63, 3.8) is 0 Å². The summed E-state index contributed by atoms with van der Waals surface area (Å²) in [6, 6.07) is 11.7. The molecule has 32 heavy (non-hydrogen) atoms. The Hall–Kier alpha value is -2.59. The van der Waals surface area contributed by atoms with Crippen LogP contribution >= 0.6 is 11.6 Å². The van der Waals surface area contributed by atoms with Crippen molar-refractivity contribution in [1.82, 2.24) is 9.21 Å². The Labute approximate surface area is 191 Å². The molecule has 168 valence electrons. The number of hydrogen-bond donors (Lipinski definition) is 0. The Kier molecular flexibility index (Phi) is 6.17. The van der Waals surface area contributed by atoms with Gasteiger partial charge in [-0.15, -0.1) is 0 Å². The van der Waals surface area contributed by atoms with Crippen molar-refractivity contribution in [1.29, 1.82) is 0 Å². The summed E-state index contributed by atoms with van der Waals surface area (Å²) in [5.74, 6) is -0.744. The molecule has 0 bridgehead atoms. The van der Waals surface area contributed by atoms with Crippen molar-refractivity contribution < 1.29 is 22.8 Å². The zero-order valence-electron chi connectivity index (χ0n) is 17.4. The largest absolute Gasteiger partial charge is 0.295 e. The average molecular weight is 476 g/mol. The third-order valence-corrected chi connectivity index (χ3v) is 7.99. The number of carbonyl (C=O) groups excluding carboxylic acids is 3. The molecule has 2 aliphatic rings. The topological polar surface area (TPSA) is 95.1 Å². The molecule has 10 heteroatoms. The van der Waals surface area contributed by atoms with Gasteiger partial charge in [-0.2, -0.15) is 4.31 Å². The molecule has 2 saturated heterocycles. The Bertz CT molecular complexity index is 1160. The van der Waals surface area contributed by atoms with Crippen LogP contribution in [-0.2, 0) is 19.6 Å². The summed E-state index contributed by atoms with van der Waals surface area (Å²) >= 11 is 5.85. The number of nitrogens with zero attached hydrogens (tertiary/aromatic N) is 3. The van der Waals surface area contributed by atoms with Crippen LogP contribution in [0.25, 0.3) is 0 Å². The molecular weight excluding hydrogens is 454 g/mol. The van der Waals surface area contributed by atoms with Crippen molar-refractivity contribution in [2.75, 3.05) is 31.1 Å². The van der Waals surface area contributed by atoms with Gasteiger partial charge < -0.3 is 0 Å². The smallest absolute Gasteiger partial charge is 0.251 e. The molecule has 0 aromatic heterocycles. The fourth-order valence-corrected chi connectivity index (χ4v) is 5.58. The number of imide groups is 1. The lowest BCUT2D eigenvalue weighted by molar-refractivity contribution is -0.123. The summed E-state index contributed by atoms with van der Waals surface area (Å²) in [6.07, 6.45) is 0.0389. The monoisotopic (exact) mass is 475 g/mol. The van der Waals surface area contributed by atoms with Crippen LogP contribution in [0.15, 0.2) is 53.4 Å². The van der Waals surface area contributed by atoms with Crippen LogP contribution in [0.1, 0.15) is 23.7 Å². The van der Waals surface area contributed by atoms with E-state index in [0.717, 1.165) is 4.90 Å². The number of amides is 2. The molecule has 0 N–H and O–H groups in total. The van der Waals surface area contributed by atoms with E-state index in [2.05, 4.69) is 0 Å². The first-order chi connectivity index (χ1) is 15.2. The number of anilines is 1. The van der Waals surface area contributed by atoms with Gasteiger partial charge in [-0.3, -0.25) is 19.3 Å². The van der Waals surface area contributed by atoms with Crippen molar-refractivity contribution in [3.05, 3.63) is 59.1 Å². The van der Waals surface area contributed by atoms with Gasteiger partial charge in [0.25, 0.3) is 5.91 Å². The van der Waals surface area contributed by atoms with E-state index in [9.17, 15) is 22.8 Å². The zero-order chi connectivity index (χ0) is 23.0. The fraction of sp³-hybridized carbons (Fsp3) is 0.318. The first-order valence-corrected chi connectivity index (χ1v) is 12.0. The summed E-state index contributed by atoms with van der Waals surface area (Å²) in [6.45, 7) is 2.57. The van der Waals surface area contributed by atoms with E-state index in [-0.39, 0.29) is 42.0 Å². The standard InChI is InChI=1S/C22H22ClN3O5S/c1-15(27)16-2-6-18(7-3-16)26-21(28)14-20(22(26)29)24-10-12-25(13-11-24)32(30,31)19-8-4-17(23)5-9-19/h2-9,20H,10-14H2,1H3. The second kappa shape index (κ2) is 8.74. The highest BCUT2D eigenvalue weighted by Gasteiger charge is 2.44. The highest BCUT2D eigenvalue weighted by molar-refractivity contribution is 7.89. The van der Waals surface area contributed by atoms with E-state index in [4.69, 9.17) is 11.6 Å². The van der Waals surface area contributed by atoms with Crippen molar-refractivity contribution >= 4 is 44.9 Å². The van der Waals surface area contributed by atoms with E-state index < -0.39 is 16.1 Å². The third-order valence-electron chi connectivity index (χ3n) is 5.82. The first kappa shape index (κ1) is 22.6. The summed E-state index contributed by atoms with van der Waals surface area (Å²) < 4.78 is 27.1. The summed E-state index contributed by atoms with van der Waals surface area (Å²) in [4.78, 5) is 40.2. The third kappa shape index (κ3) is 4.21. The molecule has 2 amide bonds. The van der Waals surface area contributed by atoms with Gasteiger partial charge in [0, 0.05) is 36.8 Å². The van der Waals surface area contributed by atoms with Gasteiger partial charge in [-0.25, -0.2) is 13.3 Å². The molecule has 0 aliphatic carbocycles. The van der Waals surface area contributed by atoms with Crippen LogP contribution in [0.4, 0.5) is 5.69 Å². The summed E-state index contributed by atoms with van der Waals surface area (Å²) in [5, 5.41) is 0.457. The molecule has 0 saturated carbocycles. The Morgan fingerprint density at radius 3 is 2.09 bits per heavy atom. The number of hydrogen-bond acceptors (Lipinski definition) is 6. The molecule has 2 aliphatic heterocycles. The molecule has 1 atom stereocenters. The lowest BCUT2D eigenvalue weighted by Crippen LogP contribution is -2.53. The molecule has 4 rings (SSSR count). The number of Topliss-reactive ketones (excluding diaryl/α,β-unsaturated/α-hetero) is 1. The summed E-state index contributed by atoms with van der Waals surface area (Å²) in [5.41, 5.74) is 0.930. The van der Waals surface area contributed by atoms with Gasteiger partial charge in [0.1, 0.15) is 0 Å². The molecule has 2 aromatic carbocycles. The Morgan fingerprint density at radius 1 is 0.938 bits per heavy atom. The molecule has 0 radical (unpaired) electrons. The quantitative estimate of drug-likeness (QED) is 0.486. The average Bonchev–Trinajstić information content (AvgIpc) is 3.08. The SMILES string of the molecule is CC(=O)c1ccc(N2C(=O)CC(N3CCN(S(=O)(=O)c4ccc(Cl)cc4)CC3)C2=O)cc1. The number of benzene rings is 2. The van der Waals surface area contributed by atoms with E-state index >= 15 is 0 Å². The van der Waals surface area contributed by atoms with Crippen LogP contribution in [-0.4, -0.2) is 67.4 Å². The van der Waals surface area contributed by atoms with Crippen molar-refractivity contribution in [2.45, 2.75) is 24.3 Å². The first-order valence-electron chi connectivity index (χ1n) is 10.2. The molecule has 2 fully saturated rings. The van der Waals surface area contributed by atoms with Crippen molar-refractivity contribution in [3.8, 4) is 0 Å². The van der Waals surface area contributed by atoms with Crippen molar-refractivity contribution in [2.24, 2.45) is 0 Å². The summed E-state index contributed by atoms with van der Waals surface area (Å²) in [7, 11) is -3.66. The minimum Gasteiger partial charge on any atom is -0.295 e. The van der Waals surface area contributed by atoms with Crippen LogP contribution < -0.4 is 4.90 Å². The number of carbonyl (C=O) groups is 3. The number of piperazine rings is 1. The van der Waals surface area contributed by atoms with Gasteiger partial charge in [0.05, 0.1) is 23.0 Å². The van der Waals surface area contributed by atoms with E-state index in [1.807, 2.05) is 4.90 Å². The predicted molar refractivity (Wildman–Crippen MR) is 119 cm³/mol. The van der Waals surface area contributed by atoms with E-state index in [1.165, 1.54) is 35.5 Å². The second-order valence-electron chi connectivity index (χ2n) is 7.78. The normalized spacial score (nSPS) is 20.7. The van der Waals surface area contributed by atoms with Gasteiger partial charge in [0.15, 0.2) is 5.78 Å². The van der Waals surface area contributed by atoms with Gasteiger partial charge in [0.2, 0.25) is 15.9 Å². The minimum absolute atomic E-state index is 0.0389. The fourth-order valence-electron chi connectivity index (χ4n) is 4.03. The van der Waals surface area contributed by atoms with Crippen LogP contribution in [0, 0.1) is 0 Å². The Morgan fingerprint density at radius 2 is 1.53 bits per heavy atom. The number of sulfonamides is 1. The number of ketones is 1. The van der Waals surface area contributed by atoms with Gasteiger partial charge in [-0.1, -0.05) is 11.6 Å². The second-order valence-corrected chi connectivity index (χ2v) is 10.2. The maximum atomic E-state index is 13.0. The van der Waals surface area contributed by atoms with Crippen LogP contribution in [0.3, 0.4) is 0 Å². The minimum atomic E-state index is -3.66. The maximum Gasteiger partial charge on any atom is 0.251 e. The molecular formula is C22H22ClN3O5S. The van der Waals surface area contributed by atoms with Gasteiger partial charge in [-0.05, 0) is 55.5 Å². The van der Waals surface area contributed by atoms with Crippen LogP contribution in [0.5, 0.6) is 0 Å². The van der Waals surface area contributed by atoms with E-state index in [1.54, 1.807) is 24.3 Å². The number of rotatable bonds is 5. The molecule has 2 aromatic rings. The molecule has 2 heterocycles. The van der Waals surface area contributed by atoms with Crippen LogP contribution in [0.2, 0.25) is 5.02 Å². The highest BCUT2D eigenvalue weighted by Crippen LogP contribution is 2.28. The lowest BCUT2D eigenvalue weighted by atomic mass is 10.1. The maximum absolute atomic E-state index is 13.0. The highest BCUT2D eigenvalue weighted by atomic mass is 35.5. The Balaban J connectivity index is 1.44. The molecule has 1 unspecified atom stereocenters. The zero-order valence-corrected chi connectivity index (χ0v) is 19.0. The van der Waals surface area contributed by atoms with E-state index in [0.29, 0.717) is 29.4 Å².